The Labute approximate surface area is 187 Å². The summed E-state index contributed by atoms with van der Waals surface area (Å²) < 4.78 is 8.21. The number of aromatic nitrogens is 3. The molecule has 1 aliphatic heterocycles. The van der Waals surface area contributed by atoms with Crippen LogP contribution in [0.4, 0.5) is 0 Å². The molecule has 7 nitrogen and oxygen atoms in total. The van der Waals surface area contributed by atoms with Crippen molar-refractivity contribution in [1.82, 2.24) is 25.0 Å². The molecule has 3 heterocycles. The Hall–Kier alpha value is -2.64. The molecule has 164 valence electrons. The zero-order chi connectivity index (χ0) is 22.0. The van der Waals surface area contributed by atoms with E-state index in [9.17, 15) is 4.79 Å². The molecule has 1 atom stereocenters. The van der Waals surface area contributed by atoms with Crippen molar-refractivity contribution in [3.05, 3.63) is 58.8 Å². The van der Waals surface area contributed by atoms with Crippen molar-refractivity contribution in [2.75, 3.05) is 13.1 Å². The number of fused-ring (bicyclic) bond motifs is 1. The van der Waals surface area contributed by atoms with E-state index in [0.29, 0.717) is 5.02 Å². The molecule has 1 N–H and O–H groups in total. The minimum Gasteiger partial charge on any atom is -0.460 e. The van der Waals surface area contributed by atoms with Crippen molar-refractivity contribution in [3.63, 3.8) is 0 Å². The first-order valence-corrected chi connectivity index (χ1v) is 11.1. The van der Waals surface area contributed by atoms with E-state index in [0.717, 1.165) is 61.3 Å². The lowest BCUT2D eigenvalue weighted by atomic mass is 10.2. The zero-order valence-electron chi connectivity index (χ0n) is 18.1. The summed E-state index contributed by atoms with van der Waals surface area (Å²) in [4.78, 5) is 14.4. The van der Waals surface area contributed by atoms with Gasteiger partial charge >= 0.3 is 0 Å². The van der Waals surface area contributed by atoms with Crippen molar-refractivity contribution in [2.45, 2.75) is 46.3 Å². The van der Waals surface area contributed by atoms with Crippen LogP contribution in [0, 0.1) is 5.92 Å². The first kappa shape index (κ1) is 21.6. The largest absolute Gasteiger partial charge is 0.460 e. The van der Waals surface area contributed by atoms with Gasteiger partial charge in [0.1, 0.15) is 17.3 Å². The van der Waals surface area contributed by atoms with Crippen LogP contribution in [0.5, 0.6) is 0 Å². The van der Waals surface area contributed by atoms with Crippen LogP contribution in [-0.2, 0) is 24.3 Å². The predicted octanol–water partition coefficient (Wildman–Crippen LogP) is 4.08. The highest BCUT2D eigenvalue weighted by Crippen LogP contribution is 2.29. The first-order chi connectivity index (χ1) is 14.9. The van der Waals surface area contributed by atoms with Crippen LogP contribution >= 0.6 is 11.6 Å². The maximum absolute atomic E-state index is 12.1. The van der Waals surface area contributed by atoms with E-state index in [4.69, 9.17) is 16.0 Å². The summed E-state index contributed by atoms with van der Waals surface area (Å²) >= 11 is 6.30. The molecule has 0 spiro atoms. The maximum atomic E-state index is 12.1. The Morgan fingerprint density at radius 2 is 1.94 bits per heavy atom. The molecule has 0 radical (unpaired) electrons. The van der Waals surface area contributed by atoms with Crippen LogP contribution in [0.3, 0.4) is 0 Å². The maximum Gasteiger partial charge on any atom is 0.223 e. The van der Waals surface area contributed by atoms with E-state index in [1.807, 2.05) is 57.2 Å². The number of carbonyl (C=O) groups excluding carboxylic acids is 1. The molecule has 2 aromatic heterocycles. The SMILES string of the molecule is CC(C)C(=O)N[C@@H](C)c1nnc2n1CCN(Cc1ccc(-c3ccccc3Cl)o1)CC2. The number of carbonyl (C=O) groups is 1. The molecule has 4 rings (SSSR count). The fourth-order valence-electron chi connectivity index (χ4n) is 3.80. The van der Waals surface area contributed by atoms with Gasteiger partial charge in [0.2, 0.25) is 5.91 Å². The van der Waals surface area contributed by atoms with E-state index in [1.165, 1.54) is 0 Å². The van der Waals surface area contributed by atoms with Gasteiger partial charge in [0.05, 0.1) is 17.6 Å². The molecular formula is C23H28ClN5O2. The Morgan fingerprint density at radius 1 is 1.13 bits per heavy atom. The Morgan fingerprint density at radius 3 is 2.71 bits per heavy atom. The van der Waals surface area contributed by atoms with Gasteiger partial charge in [-0.15, -0.1) is 10.2 Å². The molecule has 0 unspecified atom stereocenters. The van der Waals surface area contributed by atoms with Crippen molar-refractivity contribution >= 4 is 17.5 Å². The van der Waals surface area contributed by atoms with E-state index in [1.54, 1.807) is 0 Å². The van der Waals surface area contributed by atoms with E-state index < -0.39 is 0 Å². The number of amides is 1. The van der Waals surface area contributed by atoms with E-state index >= 15 is 0 Å². The Bertz CT molecular complexity index is 1060. The lowest BCUT2D eigenvalue weighted by Crippen LogP contribution is -2.32. The number of halogens is 1. The molecule has 31 heavy (non-hydrogen) atoms. The molecule has 3 aromatic rings. The zero-order valence-corrected chi connectivity index (χ0v) is 18.9. The normalized spacial score (nSPS) is 15.5. The van der Waals surface area contributed by atoms with Crippen LogP contribution in [-0.4, -0.2) is 38.7 Å². The molecule has 0 fully saturated rings. The minimum atomic E-state index is -0.175. The second kappa shape index (κ2) is 9.24. The standard InChI is InChI=1S/C23H28ClN5O2/c1-15(2)23(30)25-16(3)22-27-26-21-10-11-28(12-13-29(21)22)14-17-8-9-20(31-17)18-6-4-5-7-19(18)24/h4-9,15-16H,10-14H2,1-3H3,(H,25,30)/t16-/m0/s1. The summed E-state index contributed by atoms with van der Waals surface area (Å²) in [6, 6.07) is 11.5. The van der Waals surface area contributed by atoms with Gasteiger partial charge in [-0.25, -0.2) is 0 Å². The van der Waals surface area contributed by atoms with Gasteiger partial charge in [-0.2, -0.15) is 0 Å². The van der Waals surface area contributed by atoms with Crippen molar-refractivity contribution in [3.8, 4) is 11.3 Å². The van der Waals surface area contributed by atoms with Crippen molar-refractivity contribution in [2.24, 2.45) is 5.92 Å². The smallest absolute Gasteiger partial charge is 0.223 e. The van der Waals surface area contributed by atoms with Crippen LogP contribution in [0.15, 0.2) is 40.8 Å². The van der Waals surface area contributed by atoms with E-state index in [-0.39, 0.29) is 17.9 Å². The number of furan rings is 1. The quantitative estimate of drug-likeness (QED) is 0.623. The van der Waals surface area contributed by atoms with Crippen LogP contribution in [0.1, 0.15) is 44.2 Å². The van der Waals surface area contributed by atoms with Crippen LogP contribution in [0.2, 0.25) is 5.02 Å². The van der Waals surface area contributed by atoms with Gasteiger partial charge in [0.15, 0.2) is 5.82 Å². The molecule has 1 aromatic carbocycles. The number of rotatable bonds is 6. The lowest BCUT2D eigenvalue weighted by Gasteiger charge is -2.19. The molecule has 0 saturated carbocycles. The van der Waals surface area contributed by atoms with Gasteiger partial charge in [-0.05, 0) is 31.2 Å². The first-order valence-electron chi connectivity index (χ1n) is 10.7. The molecular weight excluding hydrogens is 414 g/mol. The average Bonchev–Trinajstić information content (AvgIpc) is 3.32. The summed E-state index contributed by atoms with van der Waals surface area (Å²) in [7, 11) is 0. The van der Waals surface area contributed by atoms with Crippen LogP contribution < -0.4 is 5.32 Å². The Balaban J connectivity index is 1.41. The third-order valence-electron chi connectivity index (χ3n) is 5.60. The highest BCUT2D eigenvalue weighted by Gasteiger charge is 2.23. The summed E-state index contributed by atoms with van der Waals surface area (Å²) in [5, 5.41) is 12.4. The van der Waals surface area contributed by atoms with Crippen molar-refractivity contribution in [1.29, 1.82) is 0 Å². The van der Waals surface area contributed by atoms with Gasteiger partial charge in [-0.3, -0.25) is 9.69 Å². The minimum absolute atomic E-state index is 0.0206. The summed E-state index contributed by atoms with van der Waals surface area (Å²) in [6.45, 7) is 8.94. The second-order valence-electron chi connectivity index (χ2n) is 8.28. The fourth-order valence-corrected chi connectivity index (χ4v) is 4.03. The summed E-state index contributed by atoms with van der Waals surface area (Å²) in [5.41, 5.74) is 0.902. The second-order valence-corrected chi connectivity index (χ2v) is 8.69. The predicted molar refractivity (Wildman–Crippen MR) is 120 cm³/mol. The third kappa shape index (κ3) is 4.83. The number of nitrogens with one attached hydrogen (secondary N) is 1. The van der Waals surface area contributed by atoms with E-state index in [2.05, 4.69) is 25.0 Å². The highest BCUT2D eigenvalue weighted by atomic mass is 35.5. The summed E-state index contributed by atoms with van der Waals surface area (Å²) in [6.07, 6.45) is 0.802. The van der Waals surface area contributed by atoms with Gasteiger partial charge in [0, 0.05) is 37.5 Å². The molecule has 0 saturated heterocycles. The van der Waals surface area contributed by atoms with Gasteiger partial charge < -0.3 is 14.3 Å². The molecule has 8 heteroatoms. The van der Waals surface area contributed by atoms with Crippen LogP contribution in [0.25, 0.3) is 11.3 Å². The topological polar surface area (TPSA) is 76.2 Å². The molecule has 1 aliphatic rings. The lowest BCUT2D eigenvalue weighted by molar-refractivity contribution is -0.124. The number of hydrogen-bond donors (Lipinski definition) is 1. The molecule has 0 aliphatic carbocycles. The Kier molecular flexibility index (Phi) is 6.43. The molecule has 1 amide bonds. The monoisotopic (exact) mass is 441 g/mol. The highest BCUT2D eigenvalue weighted by molar-refractivity contribution is 6.33. The number of nitrogens with zero attached hydrogens (tertiary/aromatic N) is 4. The average molecular weight is 442 g/mol. The number of hydrogen-bond acceptors (Lipinski definition) is 5. The van der Waals surface area contributed by atoms with Crippen molar-refractivity contribution < 1.29 is 9.21 Å². The van der Waals surface area contributed by atoms with Gasteiger partial charge in [0.25, 0.3) is 0 Å². The summed E-state index contributed by atoms with van der Waals surface area (Å²) in [5.74, 6) is 3.42. The number of benzene rings is 1. The van der Waals surface area contributed by atoms with Gasteiger partial charge in [-0.1, -0.05) is 37.6 Å². The molecule has 0 bridgehead atoms. The third-order valence-corrected chi connectivity index (χ3v) is 5.93. The fraction of sp³-hybridized carbons (Fsp3) is 0.435.